The fourth-order valence-corrected chi connectivity index (χ4v) is 0. The van der Waals surface area contributed by atoms with Crippen molar-refractivity contribution in [2.45, 2.75) is 0 Å². The summed E-state index contributed by atoms with van der Waals surface area (Å²) in [4.78, 5) is 0. The molecule has 0 aliphatic carbocycles. The molecule has 0 aliphatic rings. The maximum Gasteiger partial charge on any atom is 1.00 e. The Bertz CT molecular complexity index is 25.8. The van der Waals surface area contributed by atoms with E-state index in [-0.39, 0.29) is 350 Å². The molecule has 0 amide bonds. The summed E-state index contributed by atoms with van der Waals surface area (Å²) in [5.74, 6) is 0. The van der Waals surface area contributed by atoms with Crippen molar-refractivity contribution in [1.82, 2.24) is 0 Å². The summed E-state index contributed by atoms with van der Waals surface area (Å²) in [6.45, 7) is 0. The normalized spacial score (nSPS) is 0. The first-order chi connectivity index (χ1) is 0. The first kappa shape index (κ1) is 187. The molecule has 0 aromatic rings. The second-order valence-electron chi connectivity index (χ2n) is 0. The largest absolute Gasteiger partial charge is 1.00 e. The second-order valence-corrected chi connectivity index (χ2v) is 0. The van der Waals surface area contributed by atoms with Gasteiger partial charge in [-0.3, -0.25) is 0 Å². The van der Waals surface area contributed by atoms with Crippen LogP contribution in [-0.4, -0.2) is 350 Å². The minimum atomic E-state index is 0. The Morgan fingerprint density at radius 1 is 0.222 bits per heavy atom. The Morgan fingerprint density at radius 2 is 0.222 bits per heavy atom. The maximum atomic E-state index is 0. The van der Waals surface area contributed by atoms with Crippen LogP contribution in [0.2, 0.25) is 0 Å². The van der Waals surface area contributed by atoms with Crippen LogP contribution in [0.3, 0.4) is 0 Å². The van der Waals surface area contributed by atoms with Crippen molar-refractivity contribution in [3.8, 4) is 0 Å². The summed E-state index contributed by atoms with van der Waals surface area (Å²) in [5, 5.41) is 0. The van der Waals surface area contributed by atoms with Crippen molar-refractivity contribution < 1.29 is 0 Å². The topological polar surface area (TPSA) is 0 Å². The van der Waals surface area contributed by atoms with Gasteiger partial charge in [-0.25, -0.2) is 0 Å². The Hall–Kier alpha value is 11.1. The fourth-order valence-electron chi connectivity index (χ4n) is 0. The summed E-state index contributed by atoms with van der Waals surface area (Å²) in [6.07, 6.45) is 0. The van der Waals surface area contributed by atoms with Crippen molar-refractivity contribution in [2.24, 2.45) is 0 Å². The van der Waals surface area contributed by atoms with Gasteiger partial charge in [-0.15, -0.1) is 0 Å². The zero-order valence-electron chi connectivity index (χ0n) is 8.39. The molecule has 18 heavy (non-hydrogen) atoms. The Labute approximate surface area is 341 Å². The minimum Gasteiger partial charge on any atom is -1.00 e. The molecule has 0 aromatic carbocycles. The molecule has 0 aliphatic heterocycles. The van der Waals surface area contributed by atoms with E-state index in [0.717, 1.165) is 0 Å². The molecule has 0 spiro atoms. The summed E-state index contributed by atoms with van der Waals surface area (Å²) < 4.78 is 0. The van der Waals surface area contributed by atoms with E-state index in [1.54, 1.807) is 0 Å². The molecule has 0 bridgehead atoms. The van der Waals surface area contributed by atoms with E-state index >= 15 is 0 Å². The third-order valence-corrected chi connectivity index (χ3v) is 0. The molecule has 88 valence electrons. The van der Waals surface area contributed by atoms with Gasteiger partial charge in [-0.05, 0) is 0 Å². The van der Waals surface area contributed by atoms with Crippen LogP contribution < -0.4 is 0 Å². The maximum absolute atomic E-state index is 0. The molecule has 0 N–H and O–H groups in total. The number of hydrogen-bond donors (Lipinski definition) is 0. The molecule has 0 atom stereocenters. The summed E-state index contributed by atoms with van der Waals surface area (Å²) in [7, 11) is 0. The van der Waals surface area contributed by atoms with E-state index in [1.165, 1.54) is 0 Å². The molecular formula is Ge4Se10Tl4. The van der Waals surface area contributed by atoms with Crippen molar-refractivity contribution in [1.29, 1.82) is 0 Å². The zero-order chi connectivity index (χ0) is 0. The molecule has 0 saturated carbocycles. The van der Waals surface area contributed by atoms with E-state index in [2.05, 4.69) is 0 Å². The number of hydrogen-bond acceptors (Lipinski definition) is 0. The van der Waals surface area contributed by atoms with E-state index in [4.69, 9.17) is 0 Å². The van der Waals surface area contributed by atoms with Gasteiger partial charge in [-0.1, -0.05) is 0 Å². The van der Waals surface area contributed by atoms with Crippen LogP contribution in [-0.2, 0) is 0 Å². The zero-order valence-corrected chi connectivity index (χ0v) is 51.9. The van der Waals surface area contributed by atoms with Crippen LogP contribution in [0.4, 0.5) is 0 Å². The molecule has 0 heterocycles. The van der Waals surface area contributed by atoms with Crippen molar-refractivity contribution >= 4 is 350 Å². The van der Waals surface area contributed by atoms with Gasteiger partial charge in [0.25, 0.3) is 0 Å². The average molecular weight is 1900 g/mol. The standard InChI is InChI=1S/4Ge.10Se.4Tl/q;;;;;;;;;;4*-1;4*+1. The van der Waals surface area contributed by atoms with Crippen molar-refractivity contribution in [3.63, 3.8) is 0 Å². The van der Waals surface area contributed by atoms with E-state index in [1.807, 2.05) is 0 Å². The fraction of sp³-hybridized carbons (Fsp3) is 0. The van der Waals surface area contributed by atoms with Crippen LogP contribution in [0.5, 0.6) is 0 Å². The quantitative estimate of drug-likeness (QED) is 0.212. The molecular weight excluding hydrogens is 1900 g/mol. The van der Waals surface area contributed by atoms with Crippen LogP contribution in [0, 0.1) is 0 Å². The van der Waals surface area contributed by atoms with Gasteiger partial charge in [0.05, 0.1) is 0 Å². The Kier molecular flexibility index (Phi) is 1750. The Morgan fingerprint density at radius 3 is 0.222 bits per heavy atom. The van der Waals surface area contributed by atoms with Gasteiger partial charge in [0, 0.05) is 173 Å². The van der Waals surface area contributed by atoms with Gasteiger partial charge in [0.15, 0.2) is 0 Å². The van der Waals surface area contributed by atoms with Gasteiger partial charge in [0.1, 0.15) is 0 Å². The predicted octanol–water partition coefficient (Wildman–Crippen LogP) is -6.85. The van der Waals surface area contributed by atoms with Gasteiger partial charge >= 0.3 is 109 Å². The van der Waals surface area contributed by atoms with Crippen molar-refractivity contribution in [2.75, 3.05) is 0 Å². The summed E-state index contributed by atoms with van der Waals surface area (Å²) in [6, 6.07) is 0. The van der Waals surface area contributed by atoms with Gasteiger partial charge in [0.2, 0.25) is 0 Å². The van der Waals surface area contributed by atoms with Gasteiger partial charge < -0.3 is 68.3 Å². The van der Waals surface area contributed by atoms with E-state index < -0.39 is 0 Å². The molecule has 32 radical (unpaired) electrons. The van der Waals surface area contributed by atoms with Crippen LogP contribution in [0.15, 0.2) is 0 Å². The van der Waals surface area contributed by atoms with E-state index in [0.29, 0.717) is 0 Å². The molecule has 0 aromatic heterocycles. The number of rotatable bonds is 0. The molecule has 0 rings (SSSR count). The third-order valence-electron chi connectivity index (χ3n) is 0. The molecule has 0 saturated heterocycles. The summed E-state index contributed by atoms with van der Waals surface area (Å²) >= 11 is 0. The predicted molar refractivity (Wildman–Crippen MR) is 104 cm³/mol. The van der Waals surface area contributed by atoms with Crippen LogP contribution >= 0.6 is 0 Å². The monoisotopic (exact) mass is 1910 g/mol. The van der Waals surface area contributed by atoms with E-state index in [9.17, 15) is 0 Å². The average Bonchev–Trinajstić information content (AvgIpc) is 0. The minimum absolute atomic E-state index is 0. The first-order valence-corrected chi connectivity index (χ1v) is 0. The summed E-state index contributed by atoms with van der Waals surface area (Å²) in [5.41, 5.74) is 0. The molecule has 0 unspecified atom stereocenters. The van der Waals surface area contributed by atoms with Crippen LogP contribution in [0.25, 0.3) is 0 Å². The third kappa shape index (κ3) is 150. The Balaban J connectivity index is 0. The molecule has 0 nitrogen and oxygen atoms in total. The smallest absolute Gasteiger partial charge is 1.00 e. The SMILES string of the molecule is [Ge].[Ge].[Ge].[Ge].[Se-].[Se-].[Se-].[Se-].[Se].[Se].[Se].[Se].[Se].[Se].[Tl+].[Tl+].[Tl+].[Tl+]. The molecule has 0 fully saturated rings. The van der Waals surface area contributed by atoms with Crippen molar-refractivity contribution in [3.05, 3.63) is 0 Å². The first-order valence-electron chi connectivity index (χ1n) is 0. The van der Waals surface area contributed by atoms with Crippen LogP contribution in [0.1, 0.15) is 0 Å². The second kappa shape index (κ2) is 168. The van der Waals surface area contributed by atoms with Gasteiger partial charge in [-0.2, -0.15) is 0 Å². The molecule has 18 heteroatoms.